The lowest BCUT2D eigenvalue weighted by atomic mass is 10.1. The van der Waals surface area contributed by atoms with Crippen LogP contribution in [0.5, 0.6) is 5.75 Å². The number of nitrogens with zero attached hydrogens (tertiary/aromatic N) is 1. The number of sulfonamides is 1. The van der Waals surface area contributed by atoms with Crippen molar-refractivity contribution < 1.29 is 22.7 Å². The molecule has 0 aromatic heterocycles. The van der Waals surface area contributed by atoms with Gasteiger partial charge in [-0.2, -0.15) is 0 Å². The summed E-state index contributed by atoms with van der Waals surface area (Å²) in [6.07, 6.45) is 2.05. The van der Waals surface area contributed by atoms with E-state index in [4.69, 9.17) is 4.74 Å². The molecule has 0 saturated carbocycles. The van der Waals surface area contributed by atoms with Gasteiger partial charge < -0.3 is 15.0 Å². The number of carbonyl (C=O) groups excluding carboxylic acids is 2. The molecule has 1 fully saturated rings. The van der Waals surface area contributed by atoms with Gasteiger partial charge in [0.15, 0.2) is 0 Å². The van der Waals surface area contributed by atoms with E-state index < -0.39 is 10.0 Å². The molecule has 0 spiro atoms. The Hall–Kier alpha value is -3.85. The number of methoxy groups -OCH3 is 1. The summed E-state index contributed by atoms with van der Waals surface area (Å²) in [6, 6.07) is 19.6. The monoisotopic (exact) mass is 493 g/mol. The Kier molecular flexibility index (Phi) is 7.36. The highest BCUT2D eigenvalue weighted by molar-refractivity contribution is 7.92. The van der Waals surface area contributed by atoms with Crippen LogP contribution in [0.25, 0.3) is 0 Å². The van der Waals surface area contributed by atoms with Gasteiger partial charge in [0.2, 0.25) is 0 Å². The minimum Gasteiger partial charge on any atom is -0.495 e. The lowest BCUT2D eigenvalue weighted by Gasteiger charge is -2.15. The second-order valence-electron chi connectivity index (χ2n) is 8.21. The molecule has 35 heavy (non-hydrogen) atoms. The van der Waals surface area contributed by atoms with Crippen molar-refractivity contribution in [2.45, 2.75) is 24.3 Å². The molecular weight excluding hydrogens is 466 g/mol. The minimum absolute atomic E-state index is 0.00852. The second kappa shape index (κ2) is 10.6. The number of likely N-dealkylation sites (tertiary alicyclic amines) is 1. The summed E-state index contributed by atoms with van der Waals surface area (Å²) in [5.41, 5.74) is 2.06. The maximum Gasteiger partial charge on any atom is 0.262 e. The van der Waals surface area contributed by atoms with E-state index in [9.17, 15) is 18.0 Å². The highest BCUT2D eigenvalue weighted by Gasteiger charge is 2.20. The van der Waals surface area contributed by atoms with E-state index >= 15 is 0 Å². The normalized spacial score (nSPS) is 13.3. The fourth-order valence-electron chi connectivity index (χ4n) is 3.92. The maximum absolute atomic E-state index is 12.7. The van der Waals surface area contributed by atoms with Crippen molar-refractivity contribution in [2.75, 3.05) is 24.9 Å². The van der Waals surface area contributed by atoms with Gasteiger partial charge in [-0.05, 0) is 66.9 Å². The zero-order valence-electron chi connectivity index (χ0n) is 19.4. The fraction of sp³-hybridized carbons (Fsp3) is 0.231. The molecule has 9 heteroatoms. The molecule has 1 saturated heterocycles. The third kappa shape index (κ3) is 5.81. The van der Waals surface area contributed by atoms with E-state index in [1.54, 1.807) is 42.5 Å². The van der Waals surface area contributed by atoms with Crippen LogP contribution < -0.4 is 14.8 Å². The molecule has 3 aromatic carbocycles. The molecule has 182 valence electrons. The predicted molar refractivity (Wildman–Crippen MR) is 133 cm³/mol. The van der Waals surface area contributed by atoms with E-state index in [1.807, 2.05) is 11.0 Å². The highest BCUT2D eigenvalue weighted by Crippen LogP contribution is 2.26. The quantitative estimate of drug-likeness (QED) is 0.498. The van der Waals surface area contributed by atoms with E-state index in [-0.39, 0.29) is 23.3 Å². The molecule has 1 aliphatic heterocycles. The van der Waals surface area contributed by atoms with E-state index in [0.717, 1.165) is 31.5 Å². The Morgan fingerprint density at radius 1 is 0.914 bits per heavy atom. The summed E-state index contributed by atoms with van der Waals surface area (Å²) in [5.74, 6) is 0.0652. The number of benzene rings is 3. The Morgan fingerprint density at radius 2 is 1.63 bits per heavy atom. The molecule has 0 bridgehead atoms. The topological polar surface area (TPSA) is 105 Å². The summed E-state index contributed by atoms with van der Waals surface area (Å²) in [6.45, 7) is 1.80. The molecule has 2 amide bonds. The van der Waals surface area contributed by atoms with Crippen LogP contribution in [0.2, 0.25) is 0 Å². The lowest BCUT2D eigenvalue weighted by molar-refractivity contribution is 0.0792. The molecule has 2 N–H and O–H groups in total. The molecule has 4 rings (SSSR count). The molecule has 1 aliphatic rings. The first-order chi connectivity index (χ1) is 16.9. The highest BCUT2D eigenvalue weighted by atomic mass is 32.2. The molecule has 1 heterocycles. The Bertz CT molecular complexity index is 1320. The van der Waals surface area contributed by atoms with E-state index in [2.05, 4.69) is 10.0 Å². The molecular formula is C26H27N3O5S. The number of carbonyl (C=O) groups is 2. The van der Waals surface area contributed by atoms with Crippen LogP contribution in [-0.2, 0) is 16.6 Å². The van der Waals surface area contributed by atoms with Crippen molar-refractivity contribution in [3.63, 3.8) is 0 Å². The van der Waals surface area contributed by atoms with E-state index in [1.165, 1.54) is 31.4 Å². The van der Waals surface area contributed by atoms with Gasteiger partial charge in [-0.25, -0.2) is 8.42 Å². The van der Waals surface area contributed by atoms with Gasteiger partial charge in [0.1, 0.15) is 5.75 Å². The second-order valence-corrected chi connectivity index (χ2v) is 9.89. The summed E-state index contributed by atoms with van der Waals surface area (Å²) in [5, 5.41) is 2.82. The van der Waals surface area contributed by atoms with Crippen LogP contribution in [0.15, 0.2) is 77.7 Å². The Labute approximate surface area is 205 Å². The van der Waals surface area contributed by atoms with Gasteiger partial charge in [-0.3, -0.25) is 14.3 Å². The van der Waals surface area contributed by atoms with Gasteiger partial charge in [0, 0.05) is 30.8 Å². The largest absolute Gasteiger partial charge is 0.495 e. The third-order valence-corrected chi connectivity index (χ3v) is 7.18. The average molecular weight is 494 g/mol. The van der Waals surface area contributed by atoms with Gasteiger partial charge in [0.25, 0.3) is 21.8 Å². The fourth-order valence-corrected chi connectivity index (χ4v) is 4.99. The number of hydrogen-bond donors (Lipinski definition) is 2. The molecule has 0 atom stereocenters. The van der Waals surface area contributed by atoms with Gasteiger partial charge >= 0.3 is 0 Å². The summed E-state index contributed by atoms with van der Waals surface area (Å²) < 4.78 is 33.2. The zero-order valence-corrected chi connectivity index (χ0v) is 20.2. The number of anilines is 1. The third-order valence-electron chi connectivity index (χ3n) is 5.80. The Balaban J connectivity index is 1.39. The van der Waals surface area contributed by atoms with Gasteiger partial charge in [-0.1, -0.05) is 24.3 Å². The molecule has 3 aromatic rings. The van der Waals surface area contributed by atoms with Crippen molar-refractivity contribution in [3.8, 4) is 5.75 Å². The van der Waals surface area contributed by atoms with Crippen LogP contribution in [0.4, 0.5) is 5.69 Å². The Morgan fingerprint density at radius 3 is 2.34 bits per heavy atom. The van der Waals surface area contributed by atoms with Crippen LogP contribution in [0, 0.1) is 0 Å². The number of nitrogens with one attached hydrogen (secondary N) is 2. The van der Waals surface area contributed by atoms with Crippen LogP contribution in [0.3, 0.4) is 0 Å². The number of ether oxygens (including phenoxy) is 1. The molecule has 0 unspecified atom stereocenters. The number of rotatable bonds is 8. The molecule has 8 nitrogen and oxygen atoms in total. The van der Waals surface area contributed by atoms with Crippen molar-refractivity contribution >= 4 is 27.5 Å². The standard InChI is InChI=1S/C26H27N3O5S/c1-34-24-10-3-2-9-23(24)28-35(32,33)22-13-11-20(12-14-22)25(30)27-18-19-7-6-8-21(17-19)26(31)29-15-4-5-16-29/h2-3,6-14,17,28H,4-5,15-16,18H2,1H3,(H,27,30). The summed E-state index contributed by atoms with van der Waals surface area (Å²) >= 11 is 0. The minimum atomic E-state index is -3.86. The van der Waals surface area contributed by atoms with Crippen molar-refractivity contribution in [2.24, 2.45) is 0 Å². The van der Waals surface area contributed by atoms with Gasteiger partial charge in [-0.15, -0.1) is 0 Å². The predicted octanol–water partition coefficient (Wildman–Crippen LogP) is 3.66. The van der Waals surface area contributed by atoms with Crippen molar-refractivity contribution in [3.05, 3.63) is 89.5 Å². The average Bonchev–Trinajstić information content (AvgIpc) is 3.42. The number of hydrogen-bond acceptors (Lipinski definition) is 5. The van der Waals surface area contributed by atoms with Crippen molar-refractivity contribution in [1.29, 1.82) is 0 Å². The first kappa shape index (κ1) is 24.3. The molecule has 0 radical (unpaired) electrons. The lowest BCUT2D eigenvalue weighted by Crippen LogP contribution is -2.28. The van der Waals surface area contributed by atoms with Crippen LogP contribution in [-0.4, -0.2) is 45.3 Å². The SMILES string of the molecule is COc1ccccc1NS(=O)(=O)c1ccc(C(=O)NCc2cccc(C(=O)N3CCCC3)c2)cc1. The van der Waals surface area contributed by atoms with Gasteiger partial charge in [0.05, 0.1) is 17.7 Å². The molecule has 0 aliphatic carbocycles. The zero-order chi connectivity index (χ0) is 24.8. The smallest absolute Gasteiger partial charge is 0.262 e. The number of para-hydroxylation sites is 2. The van der Waals surface area contributed by atoms with E-state index in [0.29, 0.717) is 22.6 Å². The van der Waals surface area contributed by atoms with Crippen LogP contribution in [0.1, 0.15) is 39.1 Å². The summed E-state index contributed by atoms with van der Waals surface area (Å²) in [7, 11) is -2.40. The van der Waals surface area contributed by atoms with Crippen LogP contribution >= 0.6 is 0 Å². The summed E-state index contributed by atoms with van der Waals surface area (Å²) in [4.78, 5) is 27.1. The first-order valence-corrected chi connectivity index (χ1v) is 12.8. The first-order valence-electron chi connectivity index (χ1n) is 11.3. The number of amides is 2. The maximum atomic E-state index is 12.7. The van der Waals surface area contributed by atoms with Crippen molar-refractivity contribution in [1.82, 2.24) is 10.2 Å².